The number of rotatable bonds is 15. The molecule has 0 bridgehead atoms. The maximum Gasteiger partial charge on any atom is 0.320 e. The first-order valence-electron chi connectivity index (χ1n) is 14.9. The van der Waals surface area contributed by atoms with Crippen molar-refractivity contribution in [3.63, 3.8) is 0 Å². The van der Waals surface area contributed by atoms with Gasteiger partial charge in [0.25, 0.3) is 20.2 Å². The first kappa shape index (κ1) is 40.0. The molecule has 0 fully saturated rings. The monoisotopic (exact) mass is 761 g/mol. The van der Waals surface area contributed by atoms with Crippen molar-refractivity contribution in [1.29, 1.82) is 0 Å². The summed E-state index contributed by atoms with van der Waals surface area (Å²) in [6.07, 6.45) is 0.762. The Morgan fingerprint density at radius 2 is 1.49 bits per heavy atom. The molecule has 18 heteroatoms. The molecule has 7 N–H and O–H groups in total. The molecule has 268 valence electrons. The third-order valence-corrected chi connectivity index (χ3v) is 9.41. The van der Waals surface area contributed by atoms with Gasteiger partial charge in [0.15, 0.2) is 22.2 Å². The molecule has 49 heavy (non-hydrogen) atoms. The van der Waals surface area contributed by atoms with Crippen molar-refractivity contribution in [3.8, 4) is 17.2 Å². The molecule has 0 radical (unpaired) electrons. The lowest BCUT2D eigenvalue weighted by Crippen LogP contribution is -2.33. The summed E-state index contributed by atoms with van der Waals surface area (Å²) in [6.45, 7) is 3.39. The van der Waals surface area contributed by atoms with Gasteiger partial charge in [-0.2, -0.15) is 16.8 Å². The van der Waals surface area contributed by atoms with Crippen LogP contribution in [0.4, 0.5) is 5.69 Å². The highest BCUT2D eigenvalue weighted by molar-refractivity contribution is 7.87. The Kier molecular flexibility index (Phi) is 14.2. The van der Waals surface area contributed by atoms with Crippen molar-refractivity contribution in [1.82, 2.24) is 4.98 Å². The molecule has 14 nitrogen and oxygen atoms in total. The molecular formula is C31H37Cl2N3O11S2. The van der Waals surface area contributed by atoms with Crippen LogP contribution in [0.3, 0.4) is 0 Å². The molecule has 3 atom stereocenters. The fourth-order valence-corrected chi connectivity index (χ4v) is 6.84. The molecule has 0 aliphatic rings. The number of anilines is 1. The molecule has 0 spiro atoms. The van der Waals surface area contributed by atoms with Crippen LogP contribution in [0, 0.1) is 0 Å². The predicted octanol–water partition coefficient (Wildman–Crippen LogP) is 5.95. The van der Waals surface area contributed by atoms with Crippen LogP contribution in [0.25, 0.3) is 22.6 Å². The number of halogens is 2. The maximum atomic E-state index is 11.0. The molecule has 2 unspecified atom stereocenters. The van der Waals surface area contributed by atoms with Crippen LogP contribution in [0.1, 0.15) is 50.7 Å². The zero-order valence-corrected chi connectivity index (χ0v) is 29.6. The van der Waals surface area contributed by atoms with Crippen molar-refractivity contribution in [2.24, 2.45) is 5.73 Å². The molecule has 0 saturated carbocycles. The van der Waals surface area contributed by atoms with Gasteiger partial charge in [0.1, 0.15) is 18.2 Å². The number of carboxylic acid groups (broad SMARTS) is 1. The number of fused-ring (bicyclic) bond motifs is 1. The Morgan fingerprint density at radius 1 is 0.939 bits per heavy atom. The number of hydrogen-bond donors (Lipinski definition) is 5. The zero-order valence-electron chi connectivity index (χ0n) is 26.5. The number of aromatic nitrogens is 1. The van der Waals surface area contributed by atoms with Crippen LogP contribution < -0.4 is 16.2 Å². The van der Waals surface area contributed by atoms with Gasteiger partial charge in [-0.3, -0.25) is 13.9 Å². The smallest absolute Gasteiger partial charge is 0.320 e. The van der Waals surface area contributed by atoms with E-state index in [0.29, 0.717) is 46.6 Å². The van der Waals surface area contributed by atoms with Gasteiger partial charge < -0.3 is 30.5 Å². The molecule has 4 rings (SSSR count). The lowest BCUT2D eigenvalue weighted by atomic mass is 10.1. The van der Waals surface area contributed by atoms with E-state index in [0.717, 1.165) is 5.56 Å². The van der Waals surface area contributed by atoms with Gasteiger partial charge >= 0.3 is 5.97 Å². The minimum atomic E-state index is -4.50. The molecule has 3 aromatic carbocycles. The Bertz CT molecular complexity index is 1890. The van der Waals surface area contributed by atoms with Crippen molar-refractivity contribution < 1.29 is 49.7 Å². The van der Waals surface area contributed by atoms with Gasteiger partial charge in [0.05, 0.1) is 10.0 Å². The minimum Gasteiger partial charge on any atom is -0.486 e. The summed E-state index contributed by atoms with van der Waals surface area (Å²) < 4.78 is 78.2. The van der Waals surface area contributed by atoms with Crippen LogP contribution in [-0.4, -0.2) is 58.9 Å². The number of benzene rings is 3. The van der Waals surface area contributed by atoms with Gasteiger partial charge in [-0.1, -0.05) is 68.1 Å². The quantitative estimate of drug-likeness (QED) is 0.0695. The fraction of sp³-hybridized carbons (Fsp3) is 0.355. The fourth-order valence-electron chi connectivity index (χ4n) is 4.51. The standard InChI is InChI=1S/C23H19Cl2N3O4.C8H18O7S2/c24-16-6-12(8-18(27)23(29)30)7-17(25)21(16)31-11-14-9-15(26)10-19-20(14)32-22(28-19)13-4-2-1-3-5-13;1-3-5-7(16(9,10)11)15-8(6-4-2)17(12,13)14/h1-7,9-10,18H,8,11,26-27H2,(H,29,30);7-8H,3-6H2,1-2H3,(H,9,10,11)(H,12,13,14)/t18-;/m0./s1. The van der Waals surface area contributed by atoms with Crippen LogP contribution in [0.15, 0.2) is 59.0 Å². The predicted molar refractivity (Wildman–Crippen MR) is 186 cm³/mol. The highest BCUT2D eigenvalue weighted by atomic mass is 35.5. The van der Waals surface area contributed by atoms with Crippen LogP contribution in [0.5, 0.6) is 5.75 Å². The molecule has 0 saturated heterocycles. The van der Waals surface area contributed by atoms with Crippen LogP contribution in [0.2, 0.25) is 10.0 Å². The van der Waals surface area contributed by atoms with Crippen LogP contribution in [-0.2, 0) is 42.8 Å². The van der Waals surface area contributed by atoms with E-state index in [1.54, 1.807) is 38.1 Å². The van der Waals surface area contributed by atoms with E-state index in [4.69, 9.17) is 62.8 Å². The molecule has 0 aliphatic heterocycles. The number of ether oxygens (including phenoxy) is 2. The number of carbonyl (C=O) groups is 1. The lowest BCUT2D eigenvalue weighted by molar-refractivity contribution is -0.138. The third kappa shape index (κ3) is 11.5. The average molecular weight is 763 g/mol. The molecular weight excluding hydrogens is 725 g/mol. The SMILES string of the molecule is CCCC(OC(CCC)S(=O)(=O)O)S(=O)(=O)O.Nc1cc(COc2c(Cl)cc(C[C@H](N)C(=O)O)cc2Cl)c2oc(-c3ccccc3)nc2c1. The first-order valence-corrected chi connectivity index (χ1v) is 18.6. The Hall–Kier alpha value is -3.48. The first-order chi connectivity index (χ1) is 22.9. The highest BCUT2D eigenvalue weighted by Crippen LogP contribution is 2.36. The molecule has 1 aromatic heterocycles. The van der Waals surface area contributed by atoms with E-state index in [-0.39, 0.29) is 41.7 Å². The van der Waals surface area contributed by atoms with E-state index >= 15 is 0 Å². The largest absolute Gasteiger partial charge is 0.486 e. The summed E-state index contributed by atoms with van der Waals surface area (Å²) in [4.78, 5) is 15.5. The number of nitrogens with zero attached hydrogens (tertiary/aromatic N) is 1. The maximum absolute atomic E-state index is 11.0. The lowest BCUT2D eigenvalue weighted by Gasteiger charge is -2.20. The molecule has 1 heterocycles. The van der Waals surface area contributed by atoms with E-state index in [1.165, 1.54) is 0 Å². The molecule has 4 aromatic rings. The van der Waals surface area contributed by atoms with Crippen molar-refractivity contribution in [2.75, 3.05) is 5.73 Å². The zero-order chi connectivity index (χ0) is 36.5. The van der Waals surface area contributed by atoms with E-state index in [9.17, 15) is 21.6 Å². The summed E-state index contributed by atoms with van der Waals surface area (Å²) in [7, 11) is -9.00. The second-order valence-electron chi connectivity index (χ2n) is 10.8. The summed E-state index contributed by atoms with van der Waals surface area (Å²) in [6, 6.07) is 15.1. The van der Waals surface area contributed by atoms with Gasteiger partial charge in [-0.05, 0) is 61.2 Å². The number of nitrogens with two attached hydrogens (primary N) is 2. The summed E-state index contributed by atoms with van der Waals surface area (Å²) >= 11 is 12.7. The normalized spacial score (nSPS) is 13.7. The second-order valence-corrected chi connectivity index (χ2v) is 14.8. The van der Waals surface area contributed by atoms with Crippen molar-refractivity contribution in [2.45, 2.75) is 69.5 Å². The van der Waals surface area contributed by atoms with Crippen LogP contribution >= 0.6 is 23.2 Å². The van der Waals surface area contributed by atoms with Crippen molar-refractivity contribution >= 4 is 66.2 Å². The Labute approximate surface area is 293 Å². The Balaban J connectivity index is 0.000000326. The second kappa shape index (κ2) is 17.4. The summed E-state index contributed by atoms with van der Waals surface area (Å²) in [5.74, 6) is -0.368. The minimum absolute atomic E-state index is 0.0471. The summed E-state index contributed by atoms with van der Waals surface area (Å²) in [5.41, 5.74) is 12.2. The van der Waals surface area contributed by atoms with Gasteiger partial charge in [-0.15, -0.1) is 0 Å². The highest BCUT2D eigenvalue weighted by Gasteiger charge is 2.32. The summed E-state index contributed by atoms with van der Waals surface area (Å²) in [5, 5.41) is 9.48. The molecule has 0 aliphatic carbocycles. The van der Waals surface area contributed by atoms with Gasteiger partial charge in [0, 0.05) is 16.8 Å². The van der Waals surface area contributed by atoms with Crippen molar-refractivity contribution in [3.05, 3.63) is 75.8 Å². The Morgan fingerprint density at radius 3 is 1.98 bits per heavy atom. The van der Waals surface area contributed by atoms with E-state index in [1.807, 2.05) is 30.3 Å². The average Bonchev–Trinajstić information content (AvgIpc) is 3.44. The number of nitrogen functional groups attached to an aromatic ring is 1. The number of hydrogen-bond acceptors (Lipinski definition) is 11. The number of carboxylic acids is 1. The van der Waals surface area contributed by atoms with E-state index < -0.39 is 43.1 Å². The van der Waals surface area contributed by atoms with Gasteiger partial charge in [0.2, 0.25) is 5.89 Å². The topological polar surface area (TPSA) is 243 Å². The number of oxazole rings is 1. The van der Waals surface area contributed by atoms with E-state index in [2.05, 4.69) is 4.98 Å². The molecule has 0 amide bonds. The third-order valence-electron chi connectivity index (χ3n) is 6.83. The number of aliphatic carboxylic acids is 1. The van der Waals surface area contributed by atoms with Gasteiger partial charge in [-0.25, -0.2) is 4.98 Å².